The van der Waals surface area contributed by atoms with Crippen LogP contribution < -0.4 is 15.4 Å². The van der Waals surface area contributed by atoms with Gasteiger partial charge in [0.1, 0.15) is 11.8 Å². The fourth-order valence-corrected chi connectivity index (χ4v) is 1.94. The van der Waals surface area contributed by atoms with Crippen molar-refractivity contribution in [2.75, 3.05) is 19.0 Å². The fraction of sp³-hybridized carbons (Fsp3) is 0.333. The minimum absolute atomic E-state index is 0.0649. The van der Waals surface area contributed by atoms with Crippen LogP contribution in [0.5, 0.6) is 5.75 Å². The summed E-state index contributed by atoms with van der Waals surface area (Å²) in [5.74, 6) is -0.666. The second-order valence-electron chi connectivity index (χ2n) is 3.88. The van der Waals surface area contributed by atoms with Crippen molar-refractivity contribution >= 4 is 33.6 Å². The van der Waals surface area contributed by atoms with Crippen LogP contribution >= 0.6 is 15.9 Å². The predicted octanol–water partition coefficient (Wildman–Crippen LogP) is 1.41. The standard InChI is InChI=1S/C12H15BrN2O5/c1-20-9-5-7(13)4-8(6-9)14-12(19)15-10(2-3-16)11(17)18/h4-6,10,16H,2-3H2,1H3,(H,17,18)(H2,14,15,19)/t10-/m1/s1. The number of rotatable bonds is 6. The molecular weight excluding hydrogens is 332 g/mol. The van der Waals surface area contributed by atoms with Gasteiger partial charge in [0.2, 0.25) is 0 Å². The summed E-state index contributed by atoms with van der Waals surface area (Å²) in [5, 5.41) is 22.4. The van der Waals surface area contributed by atoms with Crippen LogP contribution in [0.3, 0.4) is 0 Å². The minimum atomic E-state index is -1.21. The number of carboxylic acids is 1. The summed E-state index contributed by atoms with van der Waals surface area (Å²) >= 11 is 3.26. The third kappa shape index (κ3) is 5.06. The Kier molecular flexibility index (Phi) is 6.26. The number of methoxy groups -OCH3 is 1. The quantitative estimate of drug-likeness (QED) is 0.622. The number of aliphatic hydroxyl groups is 1. The molecule has 0 spiro atoms. The molecule has 0 aliphatic heterocycles. The SMILES string of the molecule is COc1cc(Br)cc(NC(=O)N[C@H](CCO)C(=O)O)c1. The number of halogens is 1. The van der Waals surface area contributed by atoms with Gasteiger partial charge in [0, 0.05) is 29.3 Å². The monoisotopic (exact) mass is 346 g/mol. The molecule has 2 amide bonds. The van der Waals surface area contributed by atoms with E-state index in [-0.39, 0.29) is 13.0 Å². The van der Waals surface area contributed by atoms with Gasteiger partial charge in [-0.3, -0.25) is 0 Å². The van der Waals surface area contributed by atoms with Crippen molar-refractivity contribution in [1.82, 2.24) is 5.32 Å². The molecule has 1 aromatic carbocycles. The summed E-state index contributed by atoms with van der Waals surface area (Å²) in [6.45, 7) is -0.331. The third-order valence-electron chi connectivity index (χ3n) is 2.39. The molecule has 110 valence electrons. The fourth-order valence-electron chi connectivity index (χ4n) is 1.46. The van der Waals surface area contributed by atoms with E-state index in [9.17, 15) is 9.59 Å². The number of benzene rings is 1. The van der Waals surface area contributed by atoms with Gasteiger partial charge >= 0.3 is 12.0 Å². The molecule has 7 nitrogen and oxygen atoms in total. The molecule has 0 aliphatic rings. The van der Waals surface area contributed by atoms with Gasteiger partial charge in [-0.05, 0) is 12.1 Å². The lowest BCUT2D eigenvalue weighted by Crippen LogP contribution is -2.43. The number of aliphatic carboxylic acids is 1. The van der Waals surface area contributed by atoms with Gasteiger partial charge in [-0.1, -0.05) is 15.9 Å². The number of anilines is 1. The number of hydrogen-bond acceptors (Lipinski definition) is 4. The van der Waals surface area contributed by atoms with E-state index in [1.807, 2.05) is 0 Å². The van der Waals surface area contributed by atoms with Crippen molar-refractivity contribution in [3.8, 4) is 5.75 Å². The van der Waals surface area contributed by atoms with E-state index >= 15 is 0 Å². The highest BCUT2D eigenvalue weighted by atomic mass is 79.9. The average Bonchev–Trinajstić information content (AvgIpc) is 2.37. The molecule has 0 saturated heterocycles. The zero-order valence-electron chi connectivity index (χ0n) is 10.7. The molecule has 0 aliphatic carbocycles. The number of ether oxygens (including phenoxy) is 1. The second-order valence-corrected chi connectivity index (χ2v) is 4.80. The van der Waals surface area contributed by atoms with Crippen LogP contribution in [0.2, 0.25) is 0 Å². The maximum absolute atomic E-state index is 11.7. The number of carbonyl (C=O) groups excluding carboxylic acids is 1. The number of hydrogen-bond donors (Lipinski definition) is 4. The van der Waals surface area contributed by atoms with Crippen molar-refractivity contribution < 1.29 is 24.5 Å². The average molecular weight is 347 g/mol. The first-order valence-corrected chi connectivity index (χ1v) is 6.51. The van der Waals surface area contributed by atoms with Crippen LogP contribution in [0.15, 0.2) is 22.7 Å². The van der Waals surface area contributed by atoms with Gasteiger partial charge in [0.25, 0.3) is 0 Å². The summed E-state index contributed by atoms with van der Waals surface area (Å²) in [6, 6.07) is 3.13. The topological polar surface area (TPSA) is 108 Å². The highest BCUT2D eigenvalue weighted by molar-refractivity contribution is 9.10. The lowest BCUT2D eigenvalue weighted by Gasteiger charge is -2.14. The summed E-state index contributed by atoms with van der Waals surface area (Å²) in [5.41, 5.74) is 0.446. The number of carbonyl (C=O) groups is 2. The van der Waals surface area contributed by atoms with Gasteiger partial charge in [0.05, 0.1) is 7.11 Å². The van der Waals surface area contributed by atoms with E-state index in [4.69, 9.17) is 14.9 Å². The van der Waals surface area contributed by atoms with Gasteiger partial charge in [0.15, 0.2) is 0 Å². The highest BCUT2D eigenvalue weighted by Gasteiger charge is 2.19. The maximum atomic E-state index is 11.7. The van der Waals surface area contributed by atoms with Gasteiger partial charge in [-0.15, -0.1) is 0 Å². The first kappa shape index (κ1) is 16.3. The first-order valence-electron chi connectivity index (χ1n) is 5.72. The number of amides is 2. The smallest absolute Gasteiger partial charge is 0.326 e. The van der Waals surface area contributed by atoms with Crippen LogP contribution in [0.4, 0.5) is 10.5 Å². The zero-order valence-corrected chi connectivity index (χ0v) is 12.3. The largest absolute Gasteiger partial charge is 0.497 e. The molecule has 8 heteroatoms. The Hall–Kier alpha value is -1.80. The summed E-state index contributed by atoms with van der Waals surface area (Å²) < 4.78 is 5.75. The second kappa shape index (κ2) is 7.71. The molecule has 0 radical (unpaired) electrons. The summed E-state index contributed by atoms with van der Waals surface area (Å²) in [6.07, 6.45) is -0.0649. The Morgan fingerprint density at radius 2 is 2.10 bits per heavy atom. The molecule has 1 aromatic rings. The lowest BCUT2D eigenvalue weighted by atomic mass is 10.2. The van der Waals surface area contributed by atoms with Gasteiger partial charge < -0.3 is 25.6 Å². The number of urea groups is 1. The molecule has 1 rings (SSSR count). The molecule has 0 heterocycles. The van der Waals surface area contributed by atoms with Crippen LogP contribution in [0.25, 0.3) is 0 Å². The minimum Gasteiger partial charge on any atom is -0.497 e. The predicted molar refractivity (Wildman–Crippen MR) is 76.0 cm³/mol. The van der Waals surface area contributed by atoms with Crippen molar-refractivity contribution in [3.05, 3.63) is 22.7 Å². The highest BCUT2D eigenvalue weighted by Crippen LogP contribution is 2.24. The first-order chi connectivity index (χ1) is 9.46. The van der Waals surface area contributed by atoms with E-state index in [0.29, 0.717) is 15.9 Å². The Labute approximate surface area is 124 Å². The van der Waals surface area contributed by atoms with E-state index < -0.39 is 18.0 Å². The van der Waals surface area contributed by atoms with E-state index in [1.54, 1.807) is 18.2 Å². The molecule has 1 atom stereocenters. The molecule has 20 heavy (non-hydrogen) atoms. The van der Waals surface area contributed by atoms with E-state index in [1.165, 1.54) is 7.11 Å². The van der Waals surface area contributed by atoms with E-state index in [2.05, 4.69) is 26.6 Å². The van der Waals surface area contributed by atoms with Crippen LogP contribution in [0, 0.1) is 0 Å². The van der Waals surface area contributed by atoms with Gasteiger partial charge in [-0.25, -0.2) is 9.59 Å². The van der Waals surface area contributed by atoms with Crippen molar-refractivity contribution in [1.29, 1.82) is 0 Å². The molecule has 4 N–H and O–H groups in total. The number of carboxylic acid groups (broad SMARTS) is 1. The molecule has 0 fully saturated rings. The maximum Gasteiger partial charge on any atom is 0.326 e. The van der Waals surface area contributed by atoms with Gasteiger partial charge in [-0.2, -0.15) is 0 Å². The van der Waals surface area contributed by atoms with Crippen molar-refractivity contribution in [2.45, 2.75) is 12.5 Å². The van der Waals surface area contributed by atoms with Crippen LogP contribution in [-0.4, -0.2) is 42.0 Å². The third-order valence-corrected chi connectivity index (χ3v) is 2.84. The Morgan fingerprint density at radius 3 is 2.65 bits per heavy atom. The number of aliphatic hydroxyl groups excluding tert-OH is 1. The molecule has 0 saturated carbocycles. The lowest BCUT2D eigenvalue weighted by molar-refractivity contribution is -0.139. The molecular formula is C12H15BrN2O5. The molecule has 0 aromatic heterocycles. The van der Waals surface area contributed by atoms with Crippen LogP contribution in [0.1, 0.15) is 6.42 Å². The van der Waals surface area contributed by atoms with E-state index in [0.717, 1.165) is 0 Å². The normalized spacial score (nSPS) is 11.6. The Morgan fingerprint density at radius 1 is 1.40 bits per heavy atom. The Bertz CT molecular complexity index is 495. The molecule has 0 bridgehead atoms. The van der Waals surface area contributed by atoms with Crippen molar-refractivity contribution in [3.63, 3.8) is 0 Å². The molecule has 0 unspecified atom stereocenters. The van der Waals surface area contributed by atoms with Crippen LogP contribution in [-0.2, 0) is 4.79 Å². The van der Waals surface area contributed by atoms with Crippen molar-refractivity contribution in [2.24, 2.45) is 0 Å². The number of nitrogens with one attached hydrogen (secondary N) is 2. The zero-order chi connectivity index (χ0) is 15.1. The Balaban J connectivity index is 2.70. The summed E-state index contributed by atoms with van der Waals surface area (Å²) in [7, 11) is 1.49. The summed E-state index contributed by atoms with van der Waals surface area (Å²) in [4.78, 5) is 22.5.